The molecule has 0 atom stereocenters. The summed E-state index contributed by atoms with van der Waals surface area (Å²) < 4.78 is 32.3. The molecule has 0 radical (unpaired) electrons. The van der Waals surface area contributed by atoms with E-state index in [0.717, 1.165) is 0 Å². The first kappa shape index (κ1) is 17.4. The van der Waals surface area contributed by atoms with Gasteiger partial charge in [0.2, 0.25) is 10.0 Å². The molecule has 0 aliphatic rings. The van der Waals surface area contributed by atoms with Crippen LogP contribution in [0.2, 0.25) is 0 Å². The van der Waals surface area contributed by atoms with Crippen molar-refractivity contribution in [2.75, 3.05) is 38.7 Å². The average Bonchev–Trinajstić information content (AvgIpc) is 2.41. The molecule has 6 nitrogen and oxygen atoms in total. The largest absolute Gasteiger partial charge is 0.383 e. The van der Waals surface area contributed by atoms with Crippen LogP contribution in [0.5, 0.6) is 0 Å². The van der Waals surface area contributed by atoms with Crippen LogP contribution in [0.1, 0.15) is 13.8 Å². The standard InChI is InChI=1S/C12H20BrN3O3S/c1-4-14-12-11(8-10(13)9-15-12)20(17,18)16(5-2)6-7-19-3/h8-9H,4-7H2,1-3H3,(H,14,15). The fraction of sp³-hybridized carbons (Fsp3) is 0.583. The Labute approximate surface area is 128 Å². The highest BCUT2D eigenvalue weighted by atomic mass is 79.9. The molecule has 0 aromatic carbocycles. The van der Waals surface area contributed by atoms with E-state index in [0.29, 0.717) is 36.5 Å². The molecule has 1 rings (SSSR count). The molecule has 0 aliphatic heterocycles. The lowest BCUT2D eigenvalue weighted by Gasteiger charge is -2.21. The summed E-state index contributed by atoms with van der Waals surface area (Å²) in [5.41, 5.74) is 0. The monoisotopic (exact) mass is 365 g/mol. The van der Waals surface area contributed by atoms with Crippen LogP contribution in [0.4, 0.5) is 5.82 Å². The van der Waals surface area contributed by atoms with Crippen molar-refractivity contribution in [2.45, 2.75) is 18.7 Å². The Morgan fingerprint density at radius 2 is 2.15 bits per heavy atom. The zero-order valence-corrected chi connectivity index (χ0v) is 14.3. The van der Waals surface area contributed by atoms with Gasteiger partial charge in [-0.1, -0.05) is 6.92 Å². The molecule has 0 unspecified atom stereocenters. The summed E-state index contributed by atoms with van der Waals surface area (Å²) in [6, 6.07) is 1.57. The number of halogens is 1. The summed E-state index contributed by atoms with van der Waals surface area (Å²) >= 11 is 3.27. The van der Waals surface area contributed by atoms with E-state index in [1.54, 1.807) is 26.3 Å². The minimum Gasteiger partial charge on any atom is -0.383 e. The van der Waals surface area contributed by atoms with Crippen LogP contribution in [0, 0.1) is 0 Å². The third kappa shape index (κ3) is 4.15. The Morgan fingerprint density at radius 1 is 1.45 bits per heavy atom. The number of likely N-dealkylation sites (N-methyl/N-ethyl adjacent to an activating group) is 1. The van der Waals surface area contributed by atoms with Crippen molar-refractivity contribution in [2.24, 2.45) is 0 Å². The van der Waals surface area contributed by atoms with E-state index >= 15 is 0 Å². The summed E-state index contributed by atoms with van der Waals surface area (Å²) in [6.07, 6.45) is 1.57. The average molecular weight is 366 g/mol. The van der Waals surface area contributed by atoms with Gasteiger partial charge in [0, 0.05) is 37.4 Å². The van der Waals surface area contributed by atoms with Gasteiger partial charge in [-0.3, -0.25) is 0 Å². The van der Waals surface area contributed by atoms with Gasteiger partial charge >= 0.3 is 0 Å². The number of pyridine rings is 1. The van der Waals surface area contributed by atoms with Gasteiger partial charge in [0.05, 0.1) is 6.61 Å². The first-order valence-electron chi connectivity index (χ1n) is 6.35. The molecule has 0 spiro atoms. The molecular weight excluding hydrogens is 346 g/mol. The zero-order valence-electron chi connectivity index (χ0n) is 11.9. The molecule has 1 aromatic heterocycles. The molecular formula is C12H20BrN3O3S. The normalized spacial score (nSPS) is 11.8. The quantitative estimate of drug-likeness (QED) is 0.761. The van der Waals surface area contributed by atoms with Gasteiger partial charge < -0.3 is 10.1 Å². The van der Waals surface area contributed by atoms with Gasteiger partial charge in [-0.15, -0.1) is 0 Å². The summed E-state index contributed by atoms with van der Waals surface area (Å²) in [4.78, 5) is 4.31. The van der Waals surface area contributed by atoms with Crippen molar-refractivity contribution in [3.05, 3.63) is 16.7 Å². The summed E-state index contributed by atoms with van der Waals surface area (Å²) in [6.45, 7) is 5.33. The molecule has 0 amide bonds. The molecule has 1 aromatic rings. The van der Waals surface area contributed by atoms with Gasteiger partial charge in [0.1, 0.15) is 10.7 Å². The number of anilines is 1. The fourth-order valence-corrected chi connectivity index (χ4v) is 3.76. The molecule has 0 aliphatic carbocycles. The molecule has 0 saturated carbocycles. The third-order valence-corrected chi connectivity index (χ3v) is 5.10. The highest BCUT2D eigenvalue weighted by molar-refractivity contribution is 9.10. The lowest BCUT2D eigenvalue weighted by molar-refractivity contribution is 0.180. The van der Waals surface area contributed by atoms with E-state index in [1.807, 2.05) is 6.92 Å². The van der Waals surface area contributed by atoms with Crippen molar-refractivity contribution in [1.82, 2.24) is 9.29 Å². The minimum atomic E-state index is -3.60. The highest BCUT2D eigenvalue weighted by Crippen LogP contribution is 2.25. The van der Waals surface area contributed by atoms with Gasteiger partial charge in [-0.25, -0.2) is 13.4 Å². The highest BCUT2D eigenvalue weighted by Gasteiger charge is 2.26. The number of nitrogens with one attached hydrogen (secondary N) is 1. The molecule has 20 heavy (non-hydrogen) atoms. The van der Waals surface area contributed by atoms with Crippen molar-refractivity contribution >= 4 is 31.8 Å². The number of rotatable bonds is 8. The number of sulfonamides is 1. The molecule has 114 valence electrons. The summed E-state index contributed by atoms with van der Waals surface area (Å²) in [5.74, 6) is 0.367. The van der Waals surface area contributed by atoms with Crippen LogP contribution in [-0.4, -0.2) is 51.1 Å². The van der Waals surface area contributed by atoms with Crippen LogP contribution in [-0.2, 0) is 14.8 Å². The van der Waals surface area contributed by atoms with Crippen molar-refractivity contribution < 1.29 is 13.2 Å². The van der Waals surface area contributed by atoms with E-state index in [9.17, 15) is 8.42 Å². The fourth-order valence-electron chi connectivity index (χ4n) is 1.70. The van der Waals surface area contributed by atoms with E-state index < -0.39 is 10.0 Å². The van der Waals surface area contributed by atoms with E-state index in [4.69, 9.17) is 4.74 Å². The van der Waals surface area contributed by atoms with Crippen LogP contribution in [0.15, 0.2) is 21.6 Å². The Bertz CT molecular complexity index is 537. The zero-order chi connectivity index (χ0) is 15.2. The second kappa shape index (κ2) is 7.92. The molecule has 0 saturated heterocycles. The first-order valence-corrected chi connectivity index (χ1v) is 8.59. The summed E-state index contributed by atoms with van der Waals surface area (Å²) in [5, 5.41) is 2.98. The SMILES string of the molecule is CCNc1ncc(Br)cc1S(=O)(=O)N(CC)CCOC. The minimum absolute atomic E-state index is 0.173. The molecule has 1 heterocycles. The Morgan fingerprint density at radius 3 is 2.70 bits per heavy atom. The van der Waals surface area contributed by atoms with Crippen LogP contribution in [0.25, 0.3) is 0 Å². The number of nitrogens with zero attached hydrogens (tertiary/aromatic N) is 2. The van der Waals surface area contributed by atoms with E-state index in [1.165, 1.54) is 4.31 Å². The maximum atomic E-state index is 12.7. The predicted molar refractivity (Wildman–Crippen MR) is 82.4 cm³/mol. The smallest absolute Gasteiger partial charge is 0.246 e. The number of hydrogen-bond acceptors (Lipinski definition) is 5. The lowest BCUT2D eigenvalue weighted by Crippen LogP contribution is -2.34. The van der Waals surface area contributed by atoms with Gasteiger partial charge in [0.25, 0.3) is 0 Å². The number of aromatic nitrogens is 1. The van der Waals surface area contributed by atoms with Gasteiger partial charge in [0.15, 0.2) is 0 Å². The van der Waals surface area contributed by atoms with Crippen LogP contribution >= 0.6 is 15.9 Å². The number of hydrogen-bond donors (Lipinski definition) is 1. The van der Waals surface area contributed by atoms with E-state index in [2.05, 4.69) is 26.2 Å². The first-order chi connectivity index (χ1) is 9.47. The van der Waals surface area contributed by atoms with Crippen molar-refractivity contribution in [3.63, 3.8) is 0 Å². The van der Waals surface area contributed by atoms with Crippen LogP contribution in [0.3, 0.4) is 0 Å². The third-order valence-electron chi connectivity index (χ3n) is 2.68. The molecule has 0 fully saturated rings. The van der Waals surface area contributed by atoms with Gasteiger partial charge in [-0.05, 0) is 28.9 Å². The molecule has 1 N–H and O–H groups in total. The maximum Gasteiger partial charge on any atom is 0.246 e. The van der Waals surface area contributed by atoms with Crippen molar-refractivity contribution in [1.29, 1.82) is 0 Å². The maximum absolute atomic E-state index is 12.7. The second-order valence-electron chi connectivity index (χ2n) is 4.02. The lowest BCUT2D eigenvalue weighted by atomic mass is 10.4. The van der Waals surface area contributed by atoms with E-state index in [-0.39, 0.29) is 4.90 Å². The Kier molecular flexibility index (Phi) is 6.87. The Hall–Kier alpha value is -0.700. The second-order valence-corrected chi connectivity index (χ2v) is 6.84. The van der Waals surface area contributed by atoms with Crippen molar-refractivity contribution in [3.8, 4) is 0 Å². The predicted octanol–water partition coefficient (Wildman–Crippen LogP) is 1.93. The number of methoxy groups -OCH3 is 1. The topological polar surface area (TPSA) is 71.5 Å². The number of ether oxygens (including phenoxy) is 1. The Balaban J connectivity index is 3.21. The molecule has 8 heteroatoms. The van der Waals surface area contributed by atoms with Crippen LogP contribution < -0.4 is 5.32 Å². The summed E-state index contributed by atoms with van der Waals surface area (Å²) in [7, 11) is -2.05. The van der Waals surface area contributed by atoms with Gasteiger partial charge in [-0.2, -0.15) is 4.31 Å². The molecule has 0 bridgehead atoms.